The van der Waals surface area contributed by atoms with Crippen LogP contribution in [-0.4, -0.2) is 49.1 Å². The molecule has 3 atom stereocenters. The average molecular weight is 294 g/mol. The first-order chi connectivity index (χ1) is 10.1. The maximum atomic E-state index is 12.4. The lowest BCUT2D eigenvalue weighted by Crippen LogP contribution is -2.64. The lowest BCUT2D eigenvalue weighted by Gasteiger charge is -2.54. The van der Waals surface area contributed by atoms with E-state index in [9.17, 15) is 9.59 Å². The van der Waals surface area contributed by atoms with Crippen LogP contribution in [0.25, 0.3) is 0 Å². The Kier molecular flexibility index (Phi) is 3.95. The molecule has 2 saturated carbocycles. The quantitative estimate of drug-likeness (QED) is 0.850. The molecule has 1 aliphatic heterocycles. The van der Waals surface area contributed by atoms with Gasteiger partial charge in [0.25, 0.3) is 0 Å². The second-order valence-electron chi connectivity index (χ2n) is 6.86. The fourth-order valence-corrected chi connectivity index (χ4v) is 4.42. The summed E-state index contributed by atoms with van der Waals surface area (Å²) >= 11 is 0. The number of ether oxygens (including phenoxy) is 1. The zero-order valence-electron chi connectivity index (χ0n) is 13.1. The van der Waals surface area contributed by atoms with Crippen LogP contribution in [0.5, 0.6) is 0 Å². The van der Waals surface area contributed by atoms with Crippen molar-refractivity contribution in [1.82, 2.24) is 10.2 Å². The number of hydrogen-bond acceptors (Lipinski definition) is 3. The van der Waals surface area contributed by atoms with E-state index in [1.165, 1.54) is 12.8 Å². The number of hydrogen-bond donors (Lipinski definition) is 1. The van der Waals surface area contributed by atoms with Gasteiger partial charge in [0, 0.05) is 38.1 Å². The lowest BCUT2D eigenvalue weighted by molar-refractivity contribution is -0.146. The second-order valence-corrected chi connectivity index (χ2v) is 6.86. The monoisotopic (exact) mass is 294 g/mol. The molecule has 5 nitrogen and oxygen atoms in total. The van der Waals surface area contributed by atoms with Crippen molar-refractivity contribution < 1.29 is 14.3 Å². The van der Waals surface area contributed by atoms with E-state index in [0.717, 1.165) is 25.9 Å². The number of nitrogens with one attached hydrogen (secondary N) is 1. The molecular formula is C16H26N2O3. The van der Waals surface area contributed by atoms with Crippen LogP contribution < -0.4 is 5.32 Å². The summed E-state index contributed by atoms with van der Waals surface area (Å²) in [7, 11) is 1.77. The summed E-state index contributed by atoms with van der Waals surface area (Å²) in [6, 6.07) is 0.241. The van der Waals surface area contributed by atoms with Crippen LogP contribution in [0.2, 0.25) is 0 Å². The Morgan fingerprint density at radius 1 is 1.43 bits per heavy atom. The first-order valence-corrected chi connectivity index (χ1v) is 8.23. The number of carbonyl (C=O) groups excluding carboxylic acids is 2. The van der Waals surface area contributed by atoms with E-state index in [4.69, 9.17) is 4.74 Å². The van der Waals surface area contributed by atoms with E-state index in [-0.39, 0.29) is 29.2 Å². The van der Waals surface area contributed by atoms with E-state index < -0.39 is 0 Å². The molecule has 5 heteroatoms. The number of likely N-dealkylation sites (tertiary alicyclic amines) is 1. The Morgan fingerprint density at radius 2 is 2.14 bits per heavy atom. The van der Waals surface area contributed by atoms with E-state index in [1.807, 2.05) is 6.92 Å². The molecule has 2 amide bonds. The molecule has 21 heavy (non-hydrogen) atoms. The average Bonchev–Trinajstić information content (AvgIpc) is 3.07. The molecule has 1 heterocycles. The molecule has 0 radical (unpaired) electrons. The summed E-state index contributed by atoms with van der Waals surface area (Å²) in [6.45, 7) is 3.34. The molecule has 3 fully saturated rings. The molecule has 0 aromatic carbocycles. The smallest absolute Gasteiger partial charge is 0.225 e. The highest BCUT2D eigenvalue weighted by molar-refractivity contribution is 5.89. The summed E-state index contributed by atoms with van der Waals surface area (Å²) in [5.41, 5.74) is 0.167. The van der Waals surface area contributed by atoms with Crippen LogP contribution in [0, 0.1) is 11.3 Å². The van der Waals surface area contributed by atoms with Crippen molar-refractivity contribution in [2.75, 3.05) is 20.2 Å². The van der Waals surface area contributed by atoms with Gasteiger partial charge in [-0.15, -0.1) is 0 Å². The second kappa shape index (κ2) is 5.59. The molecule has 0 aromatic rings. The van der Waals surface area contributed by atoms with Crippen LogP contribution in [-0.2, 0) is 14.3 Å². The molecule has 3 aliphatic rings. The zero-order valence-corrected chi connectivity index (χ0v) is 13.1. The fraction of sp³-hybridized carbons (Fsp3) is 0.875. The van der Waals surface area contributed by atoms with Crippen LogP contribution >= 0.6 is 0 Å². The maximum Gasteiger partial charge on any atom is 0.225 e. The fourth-order valence-electron chi connectivity index (χ4n) is 4.42. The van der Waals surface area contributed by atoms with E-state index >= 15 is 0 Å². The topological polar surface area (TPSA) is 58.6 Å². The zero-order chi connectivity index (χ0) is 15.0. The van der Waals surface area contributed by atoms with Gasteiger partial charge >= 0.3 is 0 Å². The molecule has 0 bridgehead atoms. The first-order valence-electron chi connectivity index (χ1n) is 8.23. The van der Waals surface area contributed by atoms with Crippen LogP contribution in [0.4, 0.5) is 0 Å². The number of carbonyl (C=O) groups is 2. The van der Waals surface area contributed by atoms with Crippen LogP contribution in [0.15, 0.2) is 0 Å². The summed E-state index contributed by atoms with van der Waals surface area (Å²) in [5.74, 6) is -0.0439. The molecule has 3 rings (SSSR count). The van der Waals surface area contributed by atoms with Gasteiger partial charge in [0.2, 0.25) is 11.8 Å². The molecular weight excluding hydrogens is 268 g/mol. The van der Waals surface area contributed by atoms with Crippen molar-refractivity contribution in [1.29, 1.82) is 0 Å². The largest absolute Gasteiger partial charge is 0.378 e. The Labute approximate surface area is 126 Å². The third-order valence-corrected chi connectivity index (χ3v) is 5.72. The van der Waals surface area contributed by atoms with Gasteiger partial charge < -0.3 is 15.0 Å². The minimum Gasteiger partial charge on any atom is -0.378 e. The first kappa shape index (κ1) is 14.8. The van der Waals surface area contributed by atoms with Gasteiger partial charge in [-0.2, -0.15) is 0 Å². The molecule has 0 unspecified atom stereocenters. The standard InChI is InChI=1S/C16H26N2O3/c1-3-21-13-9-12(16(13)6-4-5-7-16)17-15(20)11-8-14(19)18(2)10-11/h11-13H,3-10H2,1-2H3,(H,17,20)/t11-,12-,13-/m1/s1. The highest BCUT2D eigenvalue weighted by atomic mass is 16.5. The van der Waals surface area contributed by atoms with Crippen molar-refractivity contribution in [2.45, 2.75) is 57.6 Å². The highest BCUT2D eigenvalue weighted by Gasteiger charge is 2.57. The van der Waals surface area contributed by atoms with Crippen molar-refractivity contribution in [3.8, 4) is 0 Å². The predicted octanol–water partition coefficient (Wildman–Crippen LogP) is 1.32. The number of amides is 2. The van der Waals surface area contributed by atoms with Crippen LogP contribution in [0.1, 0.15) is 45.4 Å². The van der Waals surface area contributed by atoms with Gasteiger partial charge in [-0.1, -0.05) is 12.8 Å². The van der Waals surface area contributed by atoms with E-state index in [2.05, 4.69) is 5.32 Å². The van der Waals surface area contributed by atoms with Crippen molar-refractivity contribution >= 4 is 11.8 Å². The van der Waals surface area contributed by atoms with Gasteiger partial charge in [-0.05, 0) is 26.2 Å². The maximum absolute atomic E-state index is 12.4. The van der Waals surface area contributed by atoms with Crippen LogP contribution in [0.3, 0.4) is 0 Å². The summed E-state index contributed by atoms with van der Waals surface area (Å²) in [6.07, 6.45) is 6.38. The van der Waals surface area contributed by atoms with Gasteiger partial charge in [0.1, 0.15) is 0 Å². The van der Waals surface area contributed by atoms with Crippen molar-refractivity contribution in [3.63, 3.8) is 0 Å². The molecule has 0 aromatic heterocycles. The van der Waals surface area contributed by atoms with Gasteiger partial charge in [0.05, 0.1) is 12.0 Å². The third-order valence-electron chi connectivity index (χ3n) is 5.72. The minimum absolute atomic E-state index is 0.0546. The Morgan fingerprint density at radius 3 is 2.71 bits per heavy atom. The van der Waals surface area contributed by atoms with Gasteiger partial charge in [-0.25, -0.2) is 0 Å². The normalized spacial score (nSPS) is 34.3. The lowest BCUT2D eigenvalue weighted by atomic mass is 9.60. The summed E-state index contributed by atoms with van der Waals surface area (Å²) < 4.78 is 5.87. The molecule has 1 saturated heterocycles. The molecule has 1 N–H and O–H groups in total. The summed E-state index contributed by atoms with van der Waals surface area (Å²) in [4.78, 5) is 25.6. The van der Waals surface area contributed by atoms with Crippen molar-refractivity contribution in [2.24, 2.45) is 11.3 Å². The highest BCUT2D eigenvalue weighted by Crippen LogP contribution is 2.54. The Balaban J connectivity index is 1.60. The molecule has 118 valence electrons. The number of nitrogens with zero attached hydrogens (tertiary/aromatic N) is 1. The molecule has 1 spiro atoms. The van der Waals surface area contributed by atoms with Gasteiger partial charge in [0.15, 0.2) is 0 Å². The Hall–Kier alpha value is -1.10. The van der Waals surface area contributed by atoms with Crippen molar-refractivity contribution in [3.05, 3.63) is 0 Å². The minimum atomic E-state index is -0.174. The Bertz CT molecular complexity index is 431. The molecule has 2 aliphatic carbocycles. The predicted molar refractivity (Wildman–Crippen MR) is 78.6 cm³/mol. The number of rotatable bonds is 4. The van der Waals surface area contributed by atoms with E-state index in [1.54, 1.807) is 11.9 Å². The summed E-state index contributed by atoms with van der Waals surface area (Å²) in [5, 5.41) is 3.22. The van der Waals surface area contributed by atoms with E-state index in [0.29, 0.717) is 19.1 Å². The third kappa shape index (κ3) is 2.45. The SMILES string of the molecule is CCO[C@@H]1C[C@@H](NC(=O)[C@@H]2CC(=O)N(C)C2)C12CCCC2. The van der Waals surface area contributed by atoms with Gasteiger partial charge in [-0.3, -0.25) is 9.59 Å².